The number of imide groups is 1. The second-order valence-electron chi connectivity index (χ2n) is 7.37. The van der Waals surface area contributed by atoms with Gasteiger partial charge in [-0.2, -0.15) is 0 Å². The summed E-state index contributed by atoms with van der Waals surface area (Å²) in [5.74, 6) is 0.0529. The fraction of sp³-hybridized carbons (Fsp3) is 0.833. The standard InChI is InChI=1S/C18H29N3O4.ClH/c1-2-25-18(24)20-12-10-19(11-13-20)8-5-9-21-16(22)14-6-3-4-7-15(14)17(21)23;/h14-15H,2-13H2,1H3;1H. The Morgan fingerprint density at radius 1 is 1.12 bits per heavy atom. The van der Waals surface area contributed by atoms with Crippen LogP contribution in [0.25, 0.3) is 0 Å². The van der Waals surface area contributed by atoms with Crippen molar-refractivity contribution < 1.29 is 36.4 Å². The van der Waals surface area contributed by atoms with Gasteiger partial charge in [0, 0.05) is 13.0 Å². The zero-order valence-electron chi connectivity index (χ0n) is 15.5. The molecule has 2 saturated heterocycles. The normalized spacial score (nSPS) is 26.5. The molecule has 2 unspecified atom stereocenters. The van der Waals surface area contributed by atoms with Gasteiger partial charge in [-0.25, -0.2) is 4.79 Å². The molecule has 26 heavy (non-hydrogen) atoms. The fourth-order valence-electron chi connectivity index (χ4n) is 4.41. The van der Waals surface area contributed by atoms with Gasteiger partial charge < -0.3 is 22.0 Å². The Kier molecular flexibility index (Phi) is 7.70. The van der Waals surface area contributed by atoms with Gasteiger partial charge in [-0.3, -0.25) is 19.4 Å². The number of quaternary nitrogens is 1. The topological polar surface area (TPSA) is 71.4 Å². The summed E-state index contributed by atoms with van der Waals surface area (Å²) in [6.45, 7) is 6.92. The van der Waals surface area contributed by atoms with Crippen LogP contribution in [0.15, 0.2) is 0 Å². The number of fused-ring (bicyclic) bond motifs is 1. The van der Waals surface area contributed by atoms with Crippen molar-refractivity contribution in [2.75, 3.05) is 45.9 Å². The number of nitrogens with zero attached hydrogens (tertiary/aromatic N) is 2. The molecular formula is C18H30ClN3O4. The highest BCUT2D eigenvalue weighted by molar-refractivity contribution is 6.05. The first kappa shape index (κ1) is 21.0. The summed E-state index contributed by atoms with van der Waals surface area (Å²) < 4.78 is 5.03. The van der Waals surface area contributed by atoms with Gasteiger partial charge in [-0.1, -0.05) is 12.8 Å². The average Bonchev–Trinajstić information content (AvgIpc) is 2.88. The van der Waals surface area contributed by atoms with E-state index in [1.807, 2.05) is 6.92 Å². The second kappa shape index (κ2) is 9.55. The van der Waals surface area contributed by atoms with Crippen LogP contribution in [0.2, 0.25) is 0 Å². The Morgan fingerprint density at radius 3 is 2.23 bits per heavy atom. The molecule has 3 fully saturated rings. The van der Waals surface area contributed by atoms with Gasteiger partial charge >= 0.3 is 6.09 Å². The van der Waals surface area contributed by atoms with E-state index < -0.39 is 0 Å². The van der Waals surface area contributed by atoms with Crippen LogP contribution >= 0.6 is 0 Å². The van der Waals surface area contributed by atoms with Crippen LogP contribution in [0.1, 0.15) is 39.0 Å². The minimum atomic E-state index is -0.225. The quantitative estimate of drug-likeness (QED) is 0.508. The largest absolute Gasteiger partial charge is 1.00 e. The number of carbonyl (C=O) groups excluding carboxylic acids is 3. The molecule has 1 saturated carbocycles. The van der Waals surface area contributed by atoms with Crippen molar-refractivity contribution in [1.82, 2.24) is 9.80 Å². The summed E-state index contributed by atoms with van der Waals surface area (Å²) in [7, 11) is 0. The van der Waals surface area contributed by atoms with Crippen molar-refractivity contribution in [3.05, 3.63) is 0 Å². The second-order valence-corrected chi connectivity index (χ2v) is 7.37. The van der Waals surface area contributed by atoms with Crippen LogP contribution in [0.3, 0.4) is 0 Å². The summed E-state index contributed by atoms with van der Waals surface area (Å²) in [6, 6.07) is 0. The lowest BCUT2D eigenvalue weighted by molar-refractivity contribution is -0.904. The molecule has 0 aromatic rings. The highest BCUT2D eigenvalue weighted by atomic mass is 35.5. The Hall–Kier alpha value is -1.34. The molecule has 2 atom stereocenters. The minimum Gasteiger partial charge on any atom is -1.00 e. The van der Waals surface area contributed by atoms with Crippen LogP contribution in [0.4, 0.5) is 4.79 Å². The van der Waals surface area contributed by atoms with E-state index in [1.165, 1.54) is 9.80 Å². The van der Waals surface area contributed by atoms with E-state index in [4.69, 9.17) is 4.74 Å². The lowest BCUT2D eigenvalue weighted by Crippen LogP contribution is -3.14. The third-order valence-corrected chi connectivity index (χ3v) is 5.84. The molecule has 1 aliphatic carbocycles. The molecule has 0 spiro atoms. The molecule has 0 aromatic heterocycles. The summed E-state index contributed by atoms with van der Waals surface area (Å²) in [5, 5.41) is 0. The maximum absolute atomic E-state index is 12.5. The van der Waals surface area contributed by atoms with Crippen LogP contribution in [-0.2, 0) is 14.3 Å². The number of hydrogen-bond donors (Lipinski definition) is 1. The maximum Gasteiger partial charge on any atom is 0.410 e. The molecule has 2 aliphatic heterocycles. The molecule has 2 heterocycles. The Morgan fingerprint density at radius 2 is 1.69 bits per heavy atom. The van der Waals surface area contributed by atoms with E-state index in [-0.39, 0.29) is 42.2 Å². The van der Waals surface area contributed by atoms with E-state index in [1.54, 1.807) is 4.90 Å². The van der Waals surface area contributed by atoms with Gasteiger partial charge in [0.05, 0.1) is 51.2 Å². The summed E-state index contributed by atoms with van der Waals surface area (Å²) in [6.07, 6.45) is 4.52. The predicted octanol–water partition coefficient (Wildman–Crippen LogP) is -3.09. The van der Waals surface area contributed by atoms with Gasteiger partial charge in [0.2, 0.25) is 11.8 Å². The number of amides is 3. The van der Waals surface area contributed by atoms with Gasteiger partial charge in [-0.05, 0) is 19.8 Å². The number of likely N-dealkylation sites (tertiary alicyclic amines) is 1. The zero-order chi connectivity index (χ0) is 17.8. The average molecular weight is 388 g/mol. The van der Waals surface area contributed by atoms with Gasteiger partial charge in [-0.15, -0.1) is 0 Å². The minimum absolute atomic E-state index is 0. The van der Waals surface area contributed by atoms with E-state index in [0.717, 1.165) is 51.7 Å². The van der Waals surface area contributed by atoms with Crippen LogP contribution in [0, 0.1) is 11.8 Å². The molecule has 7 nitrogen and oxygen atoms in total. The first-order valence-electron chi connectivity index (χ1n) is 9.72. The number of hydrogen-bond acceptors (Lipinski definition) is 4. The Balaban J connectivity index is 0.00000243. The monoisotopic (exact) mass is 387 g/mol. The van der Waals surface area contributed by atoms with Gasteiger partial charge in [0.15, 0.2) is 0 Å². The smallest absolute Gasteiger partial charge is 0.410 e. The summed E-state index contributed by atoms with van der Waals surface area (Å²) in [5.41, 5.74) is 0. The molecule has 0 bridgehead atoms. The van der Waals surface area contributed by atoms with Crippen molar-refractivity contribution >= 4 is 17.9 Å². The van der Waals surface area contributed by atoms with Gasteiger partial charge in [0.25, 0.3) is 0 Å². The van der Waals surface area contributed by atoms with Gasteiger partial charge in [0.1, 0.15) is 0 Å². The molecule has 8 heteroatoms. The number of ether oxygens (including phenoxy) is 1. The van der Waals surface area contributed by atoms with Crippen molar-refractivity contribution in [2.45, 2.75) is 39.0 Å². The molecule has 1 N–H and O–H groups in total. The number of rotatable bonds is 5. The van der Waals surface area contributed by atoms with Crippen molar-refractivity contribution in [3.63, 3.8) is 0 Å². The lowest BCUT2D eigenvalue weighted by Gasteiger charge is -2.31. The molecule has 148 valence electrons. The molecule has 0 radical (unpaired) electrons. The number of halogens is 1. The molecule has 3 amide bonds. The van der Waals surface area contributed by atoms with Crippen LogP contribution in [-0.4, -0.2) is 73.6 Å². The molecule has 3 aliphatic rings. The van der Waals surface area contributed by atoms with Crippen molar-refractivity contribution in [3.8, 4) is 0 Å². The highest BCUT2D eigenvalue weighted by Gasteiger charge is 2.47. The Labute approximate surface area is 161 Å². The predicted molar refractivity (Wildman–Crippen MR) is 90.9 cm³/mol. The molecular weight excluding hydrogens is 358 g/mol. The number of nitrogens with one attached hydrogen (secondary N) is 1. The maximum atomic E-state index is 12.5. The third-order valence-electron chi connectivity index (χ3n) is 5.84. The van der Waals surface area contributed by atoms with E-state index in [0.29, 0.717) is 26.2 Å². The first-order chi connectivity index (χ1) is 12.1. The molecule has 0 aromatic carbocycles. The molecule has 3 rings (SSSR count). The zero-order valence-corrected chi connectivity index (χ0v) is 16.3. The third kappa shape index (κ3) is 4.49. The van der Waals surface area contributed by atoms with E-state index in [2.05, 4.69) is 0 Å². The SMILES string of the molecule is CCOC(=O)N1CC[NH+](CCCN2C(=O)C3CCCCC3C2=O)CC1.[Cl-]. The Bertz CT molecular complexity index is 499. The van der Waals surface area contributed by atoms with Crippen LogP contribution in [0.5, 0.6) is 0 Å². The lowest BCUT2D eigenvalue weighted by atomic mass is 9.81. The summed E-state index contributed by atoms with van der Waals surface area (Å²) >= 11 is 0. The van der Waals surface area contributed by atoms with E-state index >= 15 is 0 Å². The fourth-order valence-corrected chi connectivity index (χ4v) is 4.41. The summed E-state index contributed by atoms with van der Waals surface area (Å²) in [4.78, 5) is 41.3. The first-order valence-corrected chi connectivity index (χ1v) is 9.72. The number of piperazine rings is 1. The number of carbonyl (C=O) groups is 3. The van der Waals surface area contributed by atoms with Crippen molar-refractivity contribution in [2.24, 2.45) is 11.8 Å². The van der Waals surface area contributed by atoms with Crippen molar-refractivity contribution in [1.29, 1.82) is 0 Å². The highest BCUT2D eigenvalue weighted by Crippen LogP contribution is 2.37. The van der Waals surface area contributed by atoms with E-state index in [9.17, 15) is 14.4 Å². The van der Waals surface area contributed by atoms with Crippen LogP contribution < -0.4 is 17.3 Å².